The third kappa shape index (κ3) is 5.35. The van der Waals surface area contributed by atoms with Crippen molar-refractivity contribution in [3.63, 3.8) is 0 Å². The first kappa shape index (κ1) is 17.9. The number of nitrogens with one attached hydrogen (secondary N) is 2. The summed E-state index contributed by atoms with van der Waals surface area (Å²) in [7, 11) is 3.95. The largest absolute Gasteiger partial charge is 0.351 e. The number of anilines is 2. The predicted molar refractivity (Wildman–Crippen MR) is 98.9 cm³/mol. The van der Waals surface area contributed by atoms with Crippen molar-refractivity contribution in [2.75, 3.05) is 32.5 Å². The Bertz CT molecular complexity index is 665. The number of nitrogens with zero attached hydrogens (tertiary/aromatic N) is 2. The summed E-state index contributed by atoms with van der Waals surface area (Å²) in [5.41, 5.74) is 2.85. The predicted octanol–water partition coefficient (Wildman–Crippen LogP) is 3.24. The molecule has 5 nitrogen and oxygen atoms in total. The molecule has 128 valence electrons. The average molecular weight is 326 g/mol. The molecule has 0 aliphatic heterocycles. The highest BCUT2D eigenvalue weighted by atomic mass is 16.1. The first-order valence-corrected chi connectivity index (χ1v) is 8.21. The fourth-order valence-corrected chi connectivity index (χ4v) is 2.23. The molecule has 0 saturated carbocycles. The SMILES string of the molecule is CC(C)c1ccc(Nc2cc(C(=O)NCCN(C)C)ccn2)cc1. The van der Waals surface area contributed by atoms with Gasteiger partial charge >= 0.3 is 0 Å². The number of pyridine rings is 1. The average Bonchev–Trinajstić information content (AvgIpc) is 2.55. The molecule has 0 aliphatic carbocycles. The van der Waals surface area contributed by atoms with Gasteiger partial charge in [0, 0.05) is 30.5 Å². The van der Waals surface area contributed by atoms with Crippen LogP contribution in [0.25, 0.3) is 0 Å². The lowest BCUT2D eigenvalue weighted by atomic mass is 10.0. The van der Waals surface area contributed by atoms with Crippen molar-refractivity contribution in [3.8, 4) is 0 Å². The molecule has 1 aromatic heterocycles. The van der Waals surface area contributed by atoms with Crippen molar-refractivity contribution in [2.45, 2.75) is 19.8 Å². The molecule has 0 aliphatic rings. The normalized spacial score (nSPS) is 10.9. The maximum Gasteiger partial charge on any atom is 0.251 e. The molecule has 1 aromatic carbocycles. The molecule has 2 N–H and O–H groups in total. The third-order valence-corrected chi connectivity index (χ3v) is 3.72. The molecule has 0 saturated heterocycles. The van der Waals surface area contributed by atoms with Crippen LogP contribution in [0.5, 0.6) is 0 Å². The van der Waals surface area contributed by atoms with Gasteiger partial charge in [0.15, 0.2) is 0 Å². The zero-order chi connectivity index (χ0) is 17.5. The van der Waals surface area contributed by atoms with Crippen LogP contribution in [0.15, 0.2) is 42.6 Å². The van der Waals surface area contributed by atoms with Crippen molar-refractivity contribution in [2.24, 2.45) is 0 Å². The second kappa shape index (κ2) is 8.45. The molecule has 1 amide bonds. The smallest absolute Gasteiger partial charge is 0.251 e. The number of amides is 1. The molecule has 0 fully saturated rings. The lowest BCUT2D eigenvalue weighted by Gasteiger charge is -2.11. The Kier molecular flexibility index (Phi) is 6.32. The number of carbonyl (C=O) groups excluding carboxylic acids is 1. The Hall–Kier alpha value is -2.40. The van der Waals surface area contributed by atoms with E-state index in [-0.39, 0.29) is 5.91 Å². The van der Waals surface area contributed by atoms with Crippen LogP contribution in [-0.2, 0) is 0 Å². The summed E-state index contributed by atoms with van der Waals surface area (Å²) in [4.78, 5) is 18.5. The monoisotopic (exact) mass is 326 g/mol. The number of aromatic nitrogens is 1. The van der Waals surface area contributed by atoms with Crippen LogP contribution in [0.3, 0.4) is 0 Å². The van der Waals surface area contributed by atoms with Gasteiger partial charge in [0.2, 0.25) is 0 Å². The summed E-state index contributed by atoms with van der Waals surface area (Å²) in [5, 5.41) is 6.15. The van der Waals surface area contributed by atoms with Crippen LogP contribution < -0.4 is 10.6 Å². The number of hydrogen-bond donors (Lipinski definition) is 2. The van der Waals surface area contributed by atoms with E-state index in [9.17, 15) is 4.79 Å². The van der Waals surface area contributed by atoms with E-state index in [4.69, 9.17) is 0 Å². The third-order valence-electron chi connectivity index (χ3n) is 3.72. The van der Waals surface area contributed by atoms with Crippen molar-refractivity contribution in [1.82, 2.24) is 15.2 Å². The van der Waals surface area contributed by atoms with Crippen molar-refractivity contribution in [3.05, 3.63) is 53.7 Å². The van der Waals surface area contributed by atoms with E-state index < -0.39 is 0 Å². The van der Waals surface area contributed by atoms with E-state index in [0.717, 1.165) is 12.2 Å². The minimum absolute atomic E-state index is 0.0857. The highest BCUT2D eigenvalue weighted by Gasteiger charge is 2.07. The second-order valence-corrected chi connectivity index (χ2v) is 6.39. The molecule has 2 rings (SSSR count). The molecule has 24 heavy (non-hydrogen) atoms. The molecule has 0 spiro atoms. The van der Waals surface area contributed by atoms with Crippen molar-refractivity contribution in [1.29, 1.82) is 0 Å². The molecular weight excluding hydrogens is 300 g/mol. The number of hydrogen-bond acceptors (Lipinski definition) is 4. The second-order valence-electron chi connectivity index (χ2n) is 6.39. The van der Waals surface area contributed by atoms with Crippen molar-refractivity contribution < 1.29 is 4.79 Å². The molecule has 2 aromatic rings. The molecule has 1 heterocycles. The van der Waals surface area contributed by atoms with E-state index >= 15 is 0 Å². The van der Waals surface area contributed by atoms with Gasteiger partial charge in [-0.2, -0.15) is 0 Å². The number of carbonyl (C=O) groups is 1. The lowest BCUT2D eigenvalue weighted by Crippen LogP contribution is -2.31. The molecular formula is C19H26N4O. The van der Waals surface area contributed by atoms with Gasteiger partial charge in [0.25, 0.3) is 5.91 Å². The Balaban J connectivity index is 2.00. The van der Waals surface area contributed by atoms with E-state index in [1.165, 1.54) is 5.56 Å². The van der Waals surface area contributed by atoms with Crippen LogP contribution in [0.1, 0.15) is 35.7 Å². The van der Waals surface area contributed by atoms with Gasteiger partial charge in [-0.25, -0.2) is 4.98 Å². The molecule has 0 bridgehead atoms. The number of rotatable bonds is 7. The summed E-state index contributed by atoms with van der Waals surface area (Å²) in [6, 6.07) is 11.7. The Morgan fingerprint density at radius 1 is 1.17 bits per heavy atom. The molecule has 5 heteroatoms. The maximum absolute atomic E-state index is 12.2. The molecule has 0 atom stereocenters. The van der Waals surface area contributed by atoms with Gasteiger partial charge < -0.3 is 15.5 Å². The summed E-state index contributed by atoms with van der Waals surface area (Å²) < 4.78 is 0. The number of likely N-dealkylation sites (N-methyl/N-ethyl adjacent to an activating group) is 1. The Labute approximate surface area is 144 Å². The summed E-state index contributed by atoms with van der Waals surface area (Å²) >= 11 is 0. The van der Waals surface area contributed by atoms with Crippen LogP contribution in [-0.4, -0.2) is 43.0 Å². The summed E-state index contributed by atoms with van der Waals surface area (Å²) in [6.45, 7) is 5.77. The van der Waals surface area contributed by atoms with Gasteiger partial charge in [-0.15, -0.1) is 0 Å². The van der Waals surface area contributed by atoms with Gasteiger partial charge in [-0.3, -0.25) is 4.79 Å². The first-order chi connectivity index (χ1) is 11.5. The number of benzene rings is 1. The van der Waals surface area contributed by atoms with Crippen LogP contribution in [0.4, 0.5) is 11.5 Å². The maximum atomic E-state index is 12.2. The summed E-state index contributed by atoms with van der Waals surface area (Å²) in [5.74, 6) is 1.08. The zero-order valence-corrected chi connectivity index (χ0v) is 14.8. The highest BCUT2D eigenvalue weighted by Crippen LogP contribution is 2.20. The summed E-state index contributed by atoms with van der Waals surface area (Å²) in [6.07, 6.45) is 1.64. The highest BCUT2D eigenvalue weighted by molar-refractivity contribution is 5.94. The Morgan fingerprint density at radius 2 is 1.88 bits per heavy atom. The van der Waals surface area contributed by atoms with Gasteiger partial charge in [0.1, 0.15) is 5.82 Å². The van der Waals surface area contributed by atoms with E-state index in [0.29, 0.717) is 23.8 Å². The van der Waals surface area contributed by atoms with Crippen LogP contribution in [0.2, 0.25) is 0 Å². The topological polar surface area (TPSA) is 57.3 Å². The van der Waals surface area contributed by atoms with Gasteiger partial charge in [-0.05, 0) is 49.8 Å². The van der Waals surface area contributed by atoms with Crippen LogP contribution >= 0.6 is 0 Å². The molecule has 0 radical (unpaired) electrons. The minimum Gasteiger partial charge on any atom is -0.351 e. The zero-order valence-electron chi connectivity index (χ0n) is 14.8. The fraction of sp³-hybridized carbons (Fsp3) is 0.368. The van der Waals surface area contributed by atoms with Crippen molar-refractivity contribution >= 4 is 17.4 Å². The van der Waals surface area contributed by atoms with E-state index in [2.05, 4.69) is 41.6 Å². The molecule has 0 unspecified atom stereocenters. The minimum atomic E-state index is -0.0857. The lowest BCUT2D eigenvalue weighted by molar-refractivity contribution is 0.0951. The standard InChI is InChI=1S/C19H26N4O/c1-14(2)15-5-7-17(8-6-15)22-18-13-16(9-10-20-18)19(24)21-11-12-23(3)4/h5-10,13-14H,11-12H2,1-4H3,(H,20,22)(H,21,24). The fourth-order valence-electron chi connectivity index (χ4n) is 2.23. The van der Waals surface area contributed by atoms with E-state index in [1.807, 2.05) is 31.1 Å². The Morgan fingerprint density at radius 3 is 2.50 bits per heavy atom. The first-order valence-electron chi connectivity index (χ1n) is 8.21. The quantitative estimate of drug-likeness (QED) is 0.820. The van der Waals surface area contributed by atoms with E-state index in [1.54, 1.807) is 18.3 Å². The van der Waals surface area contributed by atoms with Gasteiger partial charge in [0.05, 0.1) is 0 Å². The van der Waals surface area contributed by atoms with Crippen LogP contribution in [0, 0.1) is 0 Å². The van der Waals surface area contributed by atoms with Gasteiger partial charge in [-0.1, -0.05) is 26.0 Å².